The van der Waals surface area contributed by atoms with Gasteiger partial charge in [-0.25, -0.2) is 4.79 Å². The van der Waals surface area contributed by atoms with E-state index in [0.717, 1.165) is 13.0 Å². The Bertz CT molecular complexity index is 1280. The van der Waals surface area contributed by atoms with Crippen LogP contribution in [0.5, 0.6) is 23.0 Å². The molecule has 1 aliphatic rings. The quantitative estimate of drug-likeness (QED) is 0.228. The van der Waals surface area contributed by atoms with Gasteiger partial charge < -0.3 is 30.5 Å². The molecule has 5 N–H and O–H groups in total. The minimum atomic E-state index is -0.717. The number of nitrogens with one attached hydrogen (secondary N) is 1. The SMILES string of the molecule is CC(C)N1CCC[C@H](OC(=O)c2ccc(O)cc2)[C@@H](Nc2cc(O)c(C(=O)c3ccccc3O)c(O)c2)C1. The molecule has 1 aliphatic heterocycles. The molecular weight excluding hydrogens is 488 g/mol. The van der Waals surface area contributed by atoms with Crippen LogP contribution in [-0.4, -0.2) is 68.4 Å². The smallest absolute Gasteiger partial charge is 0.338 e. The van der Waals surface area contributed by atoms with Crippen molar-refractivity contribution in [3.05, 3.63) is 77.4 Å². The number of aromatic hydroxyl groups is 4. The minimum absolute atomic E-state index is 0.0450. The number of ketones is 1. The zero-order valence-electron chi connectivity index (χ0n) is 21.3. The highest BCUT2D eigenvalue weighted by Crippen LogP contribution is 2.35. The third-order valence-electron chi connectivity index (χ3n) is 6.73. The average Bonchev–Trinajstić information content (AvgIpc) is 3.06. The summed E-state index contributed by atoms with van der Waals surface area (Å²) in [5.74, 6) is -2.35. The fourth-order valence-corrected chi connectivity index (χ4v) is 4.65. The number of likely N-dealkylation sites (tertiary alicyclic amines) is 1. The van der Waals surface area contributed by atoms with E-state index in [9.17, 15) is 30.0 Å². The van der Waals surface area contributed by atoms with Gasteiger partial charge in [-0.1, -0.05) is 12.1 Å². The maximum atomic E-state index is 12.9. The molecule has 0 bridgehead atoms. The van der Waals surface area contributed by atoms with Gasteiger partial charge in [-0.05, 0) is 69.6 Å². The van der Waals surface area contributed by atoms with E-state index in [2.05, 4.69) is 24.1 Å². The molecule has 0 saturated carbocycles. The van der Waals surface area contributed by atoms with Crippen LogP contribution in [0.4, 0.5) is 5.69 Å². The summed E-state index contributed by atoms with van der Waals surface area (Å²) in [5, 5.41) is 44.2. The molecule has 3 aromatic carbocycles. The molecule has 0 radical (unpaired) electrons. The molecule has 200 valence electrons. The lowest BCUT2D eigenvalue weighted by Gasteiger charge is -2.32. The number of nitrogens with zero attached hydrogens (tertiary/aromatic N) is 1. The number of anilines is 1. The van der Waals surface area contributed by atoms with Crippen molar-refractivity contribution in [1.29, 1.82) is 0 Å². The van der Waals surface area contributed by atoms with Crippen LogP contribution in [0.1, 0.15) is 53.0 Å². The molecule has 1 fully saturated rings. The molecule has 1 saturated heterocycles. The van der Waals surface area contributed by atoms with Gasteiger partial charge in [0.15, 0.2) is 0 Å². The largest absolute Gasteiger partial charge is 0.508 e. The minimum Gasteiger partial charge on any atom is -0.508 e. The molecule has 3 aromatic rings. The molecule has 1 heterocycles. The summed E-state index contributed by atoms with van der Waals surface area (Å²) >= 11 is 0. The average molecular weight is 521 g/mol. The summed E-state index contributed by atoms with van der Waals surface area (Å²) in [6.45, 7) is 5.51. The van der Waals surface area contributed by atoms with Gasteiger partial charge in [0.05, 0.1) is 17.2 Å². The summed E-state index contributed by atoms with van der Waals surface area (Å²) in [4.78, 5) is 28.0. The Labute approximate surface area is 220 Å². The number of hydrogen-bond donors (Lipinski definition) is 5. The van der Waals surface area contributed by atoms with Gasteiger partial charge in [0.2, 0.25) is 5.78 Å². The molecule has 0 unspecified atom stereocenters. The third-order valence-corrected chi connectivity index (χ3v) is 6.73. The highest BCUT2D eigenvalue weighted by molar-refractivity contribution is 6.14. The van der Waals surface area contributed by atoms with E-state index < -0.39 is 29.4 Å². The van der Waals surface area contributed by atoms with Crippen molar-refractivity contribution in [2.24, 2.45) is 0 Å². The van der Waals surface area contributed by atoms with E-state index in [-0.39, 0.29) is 34.7 Å². The van der Waals surface area contributed by atoms with Crippen LogP contribution in [0.2, 0.25) is 0 Å². The van der Waals surface area contributed by atoms with Crippen molar-refractivity contribution in [2.75, 3.05) is 18.4 Å². The number of esters is 1. The second-order valence-electron chi connectivity index (χ2n) is 9.71. The molecule has 4 rings (SSSR count). The van der Waals surface area contributed by atoms with Gasteiger partial charge in [-0.2, -0.15) is 0 Å². The van der Waals surface area contributed by atoms with Crippen LogP contribution in [0, 0.1) is 0 Å². The van der Waals surface area contributed by atoms with E-state index in [4.69, 9.17) is 4.74 Å². The zero-order chi connectivity index (χ0) is 27.4. The van der Waals surface area contributed by atoms with Crippen LogP contribution < -0.4 is 5.32 Å². The summed E-state index contributed by atoms with van der Waals surface area (Å²) < 4.78 is 5.89. The first-order valence-corrected chi connectivity index (χ1v) is 12.5. The van der Waals surface area contributed by atoms with E-state index in [1.807, 2.05) is 0 Å². The topological polar surface area (TPSA) is 140 Å². The van der Waals surface area contributed by atoms with E-state index in [0.29, 0.717) is 24.2 Å². The lowest BCUT2D eigenvalue weighted by molar-refractivity contribution is 0.0236. The molecule has 0 amide bonds. The maximum Gasteiger partial charge on any atom is 0.338 e. The number of phenolic OH excluding ortho intramolecular Hbond substituents is 4. The normalized spacial score (nSPS) is 18.1. The Balaban J connectivity index is 1.59. The summed E-state index contributed by atoms with van der Waals surface area (Å²) in [6.07, 6.45) is 0.868. The Morgan fingerprint density at radius 2 is 1.61 bits per heavy atom. The van der Waals surface area contributed by atoms with Crippen LogP contribution in [0.3, 0.4) is 0 Å². The van der Waals surface area contributed by atoms with Crippen LogP contribution in [-0.2, 0) is 4.74 Å². The fourth-order valence-electron chi connectivity index (χ4n) is 4.65. The van der Waals surface area contributed by atoms with Gasteiger partial charge >= 0.3 is 5.97 Å². The second kappa shape index (κ2) is 11.4. The molecule has 0 aliphatic carbocycles. The predicted molar refractivity (Wildman–Crippen MR) is 142 cm³/mol. The first kappa shape index (κ1) is 26.8. The van der Waals surface area contributed by atoms with E-state index in [1.165, 1.54) is 48.5 Å². The summed E-state index contributed by atoms with van der Waals surface area (Å²) in [5.41, 5.74) is 0.289. The zero-order valence-corrected chi connectivity index (χ0v) is 21.3. The predicted octanol–water partition coefficient (Wildman–Crippen LogP) is 4.25. The van der Waals surface area contributed by atoms with Gasteiger partial charge in [0.1, 0.15) is 34.7 Å². The van der Waals surface area contributed by atoms with Crippen molar-refractivity contribution in [3.63, 3.8) is 0 Å². The van der Waals surface area contributed by atoms with Crippen molar-refractivity contribution in [3.8, 4) is 23.0 Å². The lowest BCUT2D eigenvalue weighted by Crippen LogP contribution is -2.45. The fraction of sp³-hybridized carbons (Fsp3) is 0.310. The monoisotopic (exact) mass is 520 g/mol. The second-order valence-corrected chi connectivity index (χ2v) is 9.71. The molecule has 0 spiro atoms. The van der Waals surface area contributed by atoms with Crippen LogP contribution >= 0.6 is 0 Å². The standard InChI is InChI=1S/C29H32N2O7/c1-17(2)31-13-5-8-26(38-29(37)18-9-11-20(32)12-10-18)22(16-31)30-19-14-24(34)27(25(35)15-19)28(36)21-6-3-4-7-23(21)33/h3-4,6-7,9-12,14-15,17,22,26,30,32-35H,5,8,13,16H2,1-2H3/t22-,26-/m0/s1. The van der Waals surface area contributed by atoms with Gasteiger partial charge in [-0.3, -0.25) is 9.69 Å². The number of rotatable bonds is 7. The molecule has 38 heavy (non-hydrogen) atoms. The number of benzene rings is 3. The highest BCUT2D eigenvalue weighted by Gasteiger charge is 2.32. The van der Waals surface area contributed by atoms with Crippen molar-refractivity contribution in [1.82, 2.24) is 4.90 Å². The Hall–Kier alpha value is -4.24. The van der Waals surface area contributed by atoms with E-state index in [1.54, 1.807) is 12.1 Å². The van der Waals surface area contributed by atoms with E-state index >= 15 is 0 Å². The van der Waals surface area contributed by atoms with Gasteiger partial charge in [-0.15, -0.1) is 0 Å². The number of ether oxygens (including phenoxy) is 1. The number of para-hydroxylation sites is 1. The molecule has 0 aromatic heterocycles. The Morgan fingerprint density at radius 3 is 2.24 bits per heavy atom. The van der Waals surface area contributed by atoms with Crippen LogP contribution in [0.15, 0.2) is 60.7 Å². The maximum absolute atomic E-state index is 12.9. The van der Waals surface area contributed by atoms with Crippen molar-refractivity contribution in [2.45, 2.75) is 44.9 Å². The number of carbonyl (C=O) groups excluding carboxylic acids is 2. The van der Waals surface area contributed by atoms with Crippen molar-refractivity contribution < 1.29 is 34.8 Å². The number of carbonyl (C=O) groups is 2. The molecule has 9 heteroatoms. The van der Waals surface area contributed by atoms with Gasteiger partial charge in [0, 0.05) is 30.4 Å². The molecule has 9 nitrogen and oxygen atoms in total. The Kier molecular flexibility index (Phi) is 8.07. The summed E-state index contributed by atoms with van der Waals surface area (Å²) in [6, 6.07) is 14.2. The lowest BCUT2D eigenvalue weighted by atomic mass is 9.99. The highest BCUT2D eigenvalue weighted by atomic mass is 16.5. The first-order valence-electron chi connectivity index (χ1n) is 12.5. The van der Waals surface area contributed by atoms with Crippen molar-refractivity contribution >= 4 is 17.4 Å². The number of hydrogen-bond acceptors (Lipinski definition) is 9. The number of phenols is 4. The third kappa shape index (κ3) is 6.00. The summed E-state index contributed by atoms with van der Waals surface area (Å²) in [7, 11) is 0. The Morgan fingerprint density at radius 1 is 0.947 bits per heavy atom. The van der Waals surface area contributed by atoms with Gasteiger partial charge in [0.25, 0.3) is 0 Å². The molecular formula is C29H32N2O7. The molecule has 2 atom stereocenters. The van der Waals surface area contributed by atoms with Crippen LogP contribution in [0.25, 0.3) is 0 Å². The first-order chi connectivity index (χ1) is 18.1.